The molecule has 4 N–H and O–H groups in total. The average Bonchev–Trinajstić information content (AvgIpc) is 3.18. The molecule has 3 rings (SSSR count). The Labute approximate surface area is 152 Å². The van der Waals surface area contributed by atoms with E-state index in [1.807, 2.05) is 6.07 Å². The van der Waals surface area contributed by atoms with Crippen LogP contribution < -0.4 is 5.73 Å². The van der Waals surface area contributed by atoms with Gasteiger partial charge in [0.05, 0.1) is 24.5 Å². The average molecular weight is 405 g/mol. The second-order valence-electron chi connectivity index (χ2n) is 5.47. The molecule has 0 saturated carbocycles. The molecule has 2 aromatic heterocycles. The molecule has 9 heteroatoms. The summed E-state index contributed by atoms with van der Waals surface area (Å²) in [5, 5.41) is 21.8. The molecule has 1 aromatic carbocycles. The molecular weight excluding hydrogens is 388 g/mol. The van der Waals surface area contributed by atoms with Crippen molar-refractivity contribution in [3.63, 3.8) is 0 Å². The summed E-state index contributed by atoms with van der Waals surface area (Å²) < 4.78 is 0.809. The number of aliphatic hydroxyl groups excluding tert-OH is 1. The van der Waals surface area contributed by atoms with Gasteiger partial charge in [-0.2, -0.15) is 4.80 Å². The van der Waals surface area contributed by atoms with E-state index in [-0.39, 0.29) is 12.4 Å². The first-order chi connectivity index (χ1) is 12.0. The molecule has 0 unspecified atom stereocenters. The molecule has 3 aromatic rings. The Morgan fingerprint density at radius 1 is 1.44 bits per heavy atom. The fourth-order valence-electron chi connectivity index (χ4n) is 2.64. The minimum absolute atomic E-state index is 0.181. The van der Waals surface area contributed by atoms with Gasteiger partial charge >= 0.3 is 0 Å². The number of ketones is 1. The first-order valence-corrected chi connectivity index (χ1v) is 8.45. The van der Waals surface area contributed by atoms with Gasteiger partial charge in [-0.15, -0.1) is 10.2 Å². The number of carbonyl (C=O) groups excluding carboxylic acids is 1. The van der Waals surface area contributed by atoms with E-state index in [1.54, 1.807) is 25.1 Å². The lowest BCUT2D eigenvalue weighted by atomic mass is 9.99. The molecule has 0 fully saturated rings. The number of tetrazole rings is 1. The summed E-state index contributed by atoms with van der Waals surface area (Å²) >= 11 is 3.37. The van der Waals surface area contributed by atoms with Gasteiger partial charge in [-0.05, 0) is 29.8 Å². The van der Waals surface area contributed by atoms with Crippen molar-refractivity contribution in [3.05, 3.63) is 51.1 Å². The maximum atomic E-state index is 12.9. The zero-order chi connectivity index (χ0) is 18.0. The SMILES string of the molecule is Cc1c(-c2nnn(CCN)n2)[nH]c(CO)c1C(=O)c1cccc(Br)c1. The number of aromatic nitrogens is 5. The van der Waals surface area contributed by atoms with Crippen molar-refractivity contribution < 1.29 is 9.90 Å². The van der Waals surface area contributed by atoms with Gasteiger partial charge in [0.2, 0.25) is 5.82 Å². The predicted octanol–water partition coefficient (Wildman–Crippen LogP) is 1.42. The van der Waals surface area contributed by atoms with Gasteiger partial charge in [0.15, 0.2) is 5.78 Å². The van der Waals surface area contributed by atoms with E-state index in [2.05, 4.69) is 36.3 Å². The number of H-pyrrole nitrogens is 1. The summed E-state index contributed by atoms with van der Waals surface area (Å²) in [6.45, 7) is 2.34. The molecule has 0 aliphatic heterocycles. The summed E-state index contributed by atoms with van der Waals surface area (Å²) in [7, 11) is 0. The van der Waals surface area contributed by atoms with E-state index in [0.717, 1.165) is 4.47 Å². The highest BCUT2D eigenvalue weighted by atomic mass is 79.9. The van der Waals surface area contributed by atoms with Crippen LogP contribution in [0.5, 0.6) is 0 Å². The number of benzene rings is 1. The Morgan fingerprint density at radius 2 is 2.24 bits per heavy atom. The maximum Gasteiger partial charge on any atom is 0.221 e. The smallest absolute Gasteiger partial charge is 0.221 e. The minimum Gasteiger partial charge on any atom is -0.390 e. The van der Waals surface area contributed by atoms with E-state index < -0.39 is 0 Å². The molecule has 0 aliphatic rings. The number of nitrogens with one attached hydrogen (secondary N) is 1. The maximum absolute atomic E-state index is 12.9. The van der Waals surface area contributed by atoms with Crippen LogP contribution in [-0.2, 0) is 13.2 Å². The molecule has 2 heterocycles. The Morgan fingerprint density at radius 3 is 2.92 bits per heavy atom. The Hall–Kier alpha value is -2.36. The van der Waals surface area contributed by atoms with Gasteiger partial charge in [-0.25, -0.2) is 0 Å². The summed E-state index contributed by atoms with van der Waals surface area (Å²) in [6, 6.07) is 7.11. The number of halogens is 1. The minimum atomic E-state index is -0.299. The largest absolute Gasteiger partial charge is 0.390 e. The highest BCUT2D eigenvalue weighted by molar-refractivity contribution is 9.10. The van der Waals surface area contributed by atoms with E-state index in [0.29, 0.717) is 47.0 Å². The van der Waals surface area contributed by atoms with Crippen LogP contribution in [0.2, 0.25) is 0 Å². The number of hydrogen-bond acceptors (Lipinski definition) is 6. The number of nitrogens with two attached hydrogens (primary N) is 1. The number of carbonyl (C=O) groups is 1. The highest BCUT2D eigenvalue weighted by Gasteiger charge is 2.24. The van der Waals surface area contributed by atoms with Gasteiger partial charge in [0.25, 0.3) is 0 Å². The number of nitrogens with zero attached hydrogens (tertiary/aromatic N) is 4. The Kier molecular flexibility index (Phi) is 5.07. The first-order valence-electron chi connectivity index (χ1n) is 7.66. The lowest BCUT2D eigenvalue weighted by Crippen LogP contribution is -2.12. The number of aliphatic hydroxyl groups is 1. The number of aromatic amines is 1. The molecule has 0 radical (unpaired) electrons. The van der Waals surface area contributed by atoms with E-state index in [9.17, 15) is 9.90 Å². The van der Waals surface area contributed by atoms with Gasteiger partial charge in [0, 0.05) is 22.1 Å². The van der Waals surface area contributed by atoms with Crippen LogP contribution in [0.4, 0.5) is 0 Å². The van der Waals surface area contributed by atoms with Crippen LogP contribution in [-0.4, -0.2) is 42.6 Å². The van der Waals surface area contributed by atoms with Crippen molar-refractivity contribution in [2.75, 3.05) is 6.54 Å². The summed E-state index contributed by atoms with van der Waals surface area (Å²) in [5.41, 5.74) is 8.09. The lowest BCUT2D eigenvalue weighted by molar-refractivity contribution is 0.103. The van der Waals surface area contributed by atoms with E-state index >= 15 is 0 Å². The molecule has 0 amide bonds. The highest BCUT2D eigenvalue weighted by Crippen LogP contribution is 2.28. The van der Waals surface area contributed by atoms with Crippen molar-refractivity contribution in [1.29, 1.82) is 0 Å². The monoisotopic (exact) mass is 404 g/mol. The predicted molar refractivity (Wildman–Crippen MR) is 94.9 cm³/mol. The third-order valence-corrected chi connectivity index (χ3v) is 4.30. The Balaban J connectivity index is 2.05. The van der Waals surface area contributed by atoms with Crippen molar-refractivity contribution in [2.45, 2.75) is 20.1 Å². The van der Waals surface area contributed by atoms with Crippen molar-refractivity contribution in [3.8, 4) is 11.5 Å². The molecule has 0 atom stereocenters. The molecular formula is C16H17BrN6O2. The molecule has 130 valence electrons. The summed E-state index contributed by atoms with van der Waals surface area (Å²) in [6.07, 6.45) is 0. The molecule has 0 aliphatic carbocycles. The third kappa shape index (κ3) is 3.39. The molecule has 0 saturated heterocycles. The molecule has 25 heavy (non-hydrogen) atoms. The third-order valence-electron chi connectivity index (χ3n) is 3.81. The molecule has 8 nitrogen and oxygen atoms in total. The van der Waals surface area contributed by atoms with Crippen LogP contribution in [0.25, 0.3) is 11.5 Å². The summed E-state index contributed by atoms with van der Waals surface area (Å²) in [5.74, 6) is 0.175. The van der Waals surface area contributed by atoms with Gasteiger partial charge in [0.1, 0.15) is 0 Å². The molecule has 0 spiro atoms. The van der Waals surface area contributed by atoms with Crippen LogP contribution in [0, 0.1) is 6.92 Å². The summed E-state index contributed by atoms with van der Waals surface area (Å²) in [4.78, 5) is 17.4. The zero-order valence-electron chi connectivity index (χ0n) is 13.5. The second kappa shape index (κ2) is 7.26. The fourth-order valence-corrected chi connectivity index (χ4v) is 3.03. The van der Waals surface area contributed by atoms with Crippen molar-refractivity contribution >= 4 is 21.7 Å². The first kappa shape index (κ1) is 17.5. The number of rotatable bonds is 6. The zero-order valence-corrected chi connectivity index (χ0v) is 15.1. The second-order valence-corrected chi connectivity index (χ2v) is 6.39. The Bertz CT molecular complexity index is 917. The van der Waals surface area contributed by atoms with Gasteiger partial charge < -0.3 is 15.8 Å². The van der Waals surface area contributed by atoms with Gasteiger partial charge in [-0.1, -0.05) is 28.1 Å². The topological polar surface area (TPSA) is 123 Å². The van der Waals surface area contributed by atoms with E-state index in [1.165, 1.54) is 4.80 Å². The number of hydrogen-bond donors (Lipinski definition) is 3. The molecule has 0 bridgehead atoms. The lowest BCUT2D eigenvalue weighted by Gasteiger charge is -2.04. The quantitative estimate of drug-likeness (QED) is 0.533. The van der Waals surface area contributed by atoms with Crippen molar-refractivity contribution in [2.24, 2.45) is 5.73 Å². The van der Waals surface area contributed by atoms with Crippen LogP contribution in [0.15, 0.2) is 28.7 Å². The fraction of sp³-hybridized carbons (Fsp3) is 0.250. The normalized spacial score (nSPS) is 11.0. The van der Waals surface area contributed by atoms with Crippen LogP contribution >= 0.6 is 15.9 Å². The van der Waals surface area contributed by atoms with Crippen LogP contribution in [0.3, 0.4) is 0 Å². The standard InChI is InChI=1S/C16H17BrN6O2/c1-9-13(15(25)10-3-2-4-11(17)7-10)12(8-24)19-14(9)16-20-22-23(21-16)6-5-18/h2-4,7,19,24H,5-6,8,18H2,1H3. The van der Waals surface area contributed by atoms with Crippen LogP contribution in [0.1, 0.15) is 27.2 Å². The van der Waals surface area contributed by atoms with Gasteiger partial charge in [-0.3, -0.25) is 4.79 Å². The van der Waals surface area contributed by atoms with E-state index in [4.69, 9.17) is 5.73 Å². The van der Waals surface area contributed by atoms with Crippen molar-refractivity contribution in [1.82, 2.24) is 25.2 Å².